The second-order valence-corrected chi connectivity index (χ2v) is 14.9. The maximum Gasteiger partial charge on any atom is 0.224 e. The first-order chi connectivity index (χ1) is 22.4. The third kappa shape index (κ3) is 21.5. The van der Waals surface area contributed by atoms with Crippen molar-refractivity contribution in [3.63, 3.8) is 0 Å². The van der Waals surface area contributed by atoms with Crippen LogP contribution in [-0.2, 0) is 30.9 Å². The molecule has 7 nitrogen and oxygen atoms in total. The van der Waals surface area contributed by atoms with Gasteiger partial charge in [0, 0.05) is 13.0 Å². The molecule has 0 saturated carbocycles. The minimum absolute atomic E-state index is 0.00329. The molecule has 1 aliphatic heterocycles. The molecule has 0 unspecified atom stereocenters. The Hall–Kier alpha value is -1.36. The van der Waals surface area contributed by atoms with Gasteiger partial charge in [0.1, 0.15) is 22.8 Å². The van der Waals surface area contributed by atoms with Crippen LogP contribution in [-0.4, -0.2) is 45.2 Å². The van der Waals surface area contributed by atoms with Crippen molar-refractivity contribution >= 4 is 21.5 Å². The number of nitrogens with zero attached hydrogens (tertiary/aromatic N) is 1. The van der Waals surface area contributed by atoms with E-state index in [0.717, 1.165) is 31.6 Å². The Labute approximate surface area is 285 Å². The summed E-state index contributed by atoms with van der Waals surface area (Å²) in [5.74, 6) is 0. The number of rotatable bonds is 26. The van der Waals surface area contributed by atoms with Gasteiger partial charge in [-0.1, -0.05) is 132 Å². The zero-order valence-corrected chi connectivity index (χ0v) is 30.5. The third-order valence-corrected chi connectivity index (χ3v) is 9.97. The van der Waals surface area contributed by atoms with Crippen LogP contribution in [0.25, 0.3) is 0 Å². The summed E-state index contributed by atoms with van der Waals surface area (Å²) < 4.78 is 51.2. The number of aromatic nitrogens is 1. The van der Waals surface area contributed by atoms with Crippen LogP contribution in [0.2, 0.25) is 0 Å². The molecule has 2 heterocycles. The van der Waals surface area contributed by atoms with Crippen molar-refractivity contribution in [3.8, 4) is 0 Å². The zero-order valence-electron chi connectivity index (χ0n) is 28.9. The molecule has 0 bridgehead atoms. The lowest BCUT2D eigenvalue weighted by Gasteiger charge is -2.12. The van der Waals surface area contributed by atoms with Gasteiger partial charge in [0.05, 0.1) is 23.5 Å². The Kier molecular flexibility index (Phi) is 23.6. The van der Waals surface area contributed by atoms with E-state index in [4.69, 9.17) is 14.2 Å². The van der Waals surface area contributed by atoms with Crippen LogP contribution in [0.3, 0.4) is 0 Å². The number of ether oxygens (including phenoxy) is 3. The molecule has 2 aromatic rings. The number of benzene rings is 1. The summed E-state index contributed by atoms with van der Waals surface area (Å²) >= 11 is 1.77. The largest absolute Gasteiger partial charge is 0.744 e. The van der Waals surface area contributed by atoms with Crippen molar-refractivity contribution in [3.05, 3.63) is 46.9 Å². The van der Waals surface area contributed by atoms with E-state index >= 15 is 0 Å². The van der Waals surface area contributed by atoms with Gasteiger partial charge in [0.25, 0.3) is 0 Å². The molecule has 2 atom stereocenters. The Morgan fingerprint density at radius 3 is 1.96 bits per heavy atom. The summed E-state index contributed by atoms with van der Waals surface area (Å²) in [5.41, 5.74) is 3.12. The van der Waals surface area contributed by atoms with E-state index in [-0.39, 0.29) is 17.3 Å². The van der Waals surface area contributed by atoms with Gasteiger partial charge in [-0.25, -0.2) is 8.42 Å². The van der Waals surface area contributed by atoms with E-state index in [1.165, 1.54) is 128 Å². The molecular formula is C37H63NO6S2. The summed E-state index contributed by atoms with van der Waals surface area (Å²) in [4.78, 5) is -0.178. The molecule has 1 aromatic heterocycles. The quantitative estimate of drug-likeness (QED) is 0.0558. The highest BCUT2D eigenvalue weighted by Gasteiger charge is 2.25. The maximum absolute atomic E-state index is 10.4. The average Bonchev–Trinajstić information content (AvgIpc) is 3.73. The van der Waals surface area contributed by atoms with Gasteiger partial charge in [0.15, 0.2) is 12.5 Å². The smallest absolute Gasteiger partial charge is 0.224 e. The summed E-state index contributed by atoms with van der Waals surface area (Å²) in [6.45, 7) is 7.52. The van der Waals surface area contributed by atoms with Crippen LogP contribution in [0.15, 0.2) is 46.2 Å². The number of aryl methyl sites for hydroxylation is 2. The Morgan fingerprint density at radius 2 is 1.39 bits per heavy atom. The molecular weight excluding hydrogens is 619 g/mol. The molecule has 1 saturated heterocycles. The fraction of sp³-hybridized carbons (Fsp3) is 0.757. The first-order valence-electron chi connectivity index (χ1n) is 18.2. The maximum atomic E-state index is 10.4. The number of hydrogen-bond acceptors (Lipinski definition) is 7. The van der Waals surface area contributed by atoms with E-state index in [0.29, 0.717) is 13.2 Å². The lowest BCUT2D eigenvalue weighted by molar-refractivity contribution is -0.692. The first kappa shape index (κ1) is 40.8. The van der Waals surface area contributed by atoms with Gasteiger partial charge in [0.2, 0.25) is 5.51 Å². The third-order valence-electron chi connectivity index (χ3n) is 8.45. The summed E-state index contributed by atoms with van der Waals surface area (Å²) in [7, 11) is -4.27. The lowest BCUT2D eigenvalue weighted by Crippen LogP contribution is -2.29. The molecule has 1 aliphatic rings. The van der Waals surface area contributed by atoms with Crippen molar-refractivity contribution < 1.29 is 31.7 Å². The topological polar surface area (TPSA) is 88.8 Å². The zero-order chi connectivity index (χ0) is 33.1. The molecule has 46 heavy (non-hydrogen) atoms. The number of thiazole rings is 1. The second-order valence-electron chi connectivity index (χ2n) is 12.8. The van der Waals surface area contributed by atoms with Crippen LogP contribution in [0.1, 0.15) is 141 Å². The molecule has 0 spiro atoms. The molecule has 0 aliphatic carbocycles. The van der Waals surface area contributed by atoms with Crippen LogP contribution < -0.4 is 4.57 Å². The SMILES string of the molecule is CCCCCCCCCCCCCCC[C@H]1OC[C@H](COCCCCCCCC[n+]2ccsc2)O1.Cc1ccc(S(=O)(=O)[O-])cc1. The molecule has 3 rings (SSSR count). The molecule has 9 heteroatoms. The Bertz CT molecular complexity index is 1060. The van der Waals surface area contributed by atoms with Gasteiger partial charge in [-0.15, -0.1) is 0 Å². The van der Waals surface area contributed by atoms with Crippen LogP contribution in [0.5, 0.6) is 0 Å². The van der Waals surface area contributed by atoms with Crippen LogP contribution >= 0.6 is 11.3 Å². The first-order valence-corrected chi connectivity index (χ1v) is 20.5. The van der Waals surface area contributed by atoms with Crippen LogP contribution in [0.4, 0.5) is 0 Å². The fourth-order valence-electron chi connectivity index (χ4n) is 5.59. The summed E-state index contributed by atoms with van der Waals surface area (Å²) in [6.07, 6.45) is 29.2. The normalized spacial score (nSPS) is 16.4. The van der Waals surface area contributed by atoms with Crippen molar-refractivity contribution in [2.45, 2.75) is 166 Å². The van der Waals surface area contributed by atoms with Gasteiger partial charge >= 0.3 is 0 Å². The summed E-state index contributed by atoms with van der Waals surface area (Å²) in [6, 6.07) is 5.78. The minimum Gasteiger partial charge on any atom is -0.744 e. The highest BCUT2D eigenvalue weighted by atomic mass is 32.2. The van der Waals surface area contributed by atoms with Gasteiger partial charge in [-0.2, -0.15) is 4.57 Å². The fourth-order valence-corrected chi connectivity index (χ4v) is 6.69. The van der Waals surface area contributed by atoms with Crippen molar-refractivity contribution in [2.24, 2.45) is 0 Å². The van der Waals surface area contributed by atoms with E-state index < -0.39 is 10.1 Å². The Morgan fingerprint density at radius 1 is 0.826 bits per heavy atom. The standard InChI is InChI=1S/C30H56NO3S.C7H8O3S/c1-2-3-4-5-6-7-8-9-10-11-12-15-18-21-30-33-27-29(34-30)26-32-24-20-17-14-13-16-19-22-31-23-25-35-28-31;1-6-2-4-7(5-3-6)11(8,9)10/h23,25,28-30H,2-22,24,26-27H2,1H3;2-5H,1H3,(H,8,9,10)/q+1;/p-1/t29-,30-;/m0./s1. The molecule has 0 amide bonds. The molecule has 0 N–H and O–H groups in total. The molecule has 1 aromatic carbocycles. The van der Waals surface area contributed by atoms with Crippen molar-refractivity contribution in [1.29, 1.82) is 0 Å². The van der Waals surface area contributed by atoms with E-state index in [1.54, 1.807) is 23.5 Å². The predicted octanol–water partition coefficient (Wildman–Crippen LogP) is 9.51. The van der Waals surface area contributed by atoms with Gasteiger partial charge < -0.3 is 18.8 Å². The van der Waals surface area contributed by atoms with Crippen molar-refractivity contribution in [1.82, 2.24) is 0 Å². The van der Waals surface area contributed by atoms with E-state index in [2.05, 4.69) is 28.6 Å². The minimum atomic E-state index is -4.27. The van der Waals surface area contributed by atoms with Crippen LogP contribution in [0, 0.1) is 6.92 Å². The highest BCUT2D eigenvalue weighted by Crippen LogP contribution is 2.19. The molecule has 1 fully saturated rings. The Balaban J connectivity index is 0.000000562. The molecule has 264 valence electrons. The predicted molar refractivity (Wildman–Crippen MR) is 187 cm³/mol. The summed E-state index contributed by atoms with van der Waals surface area (Å²) in [5, 5.41) is 2.14. The van der Waals surface area contributed by atoms with E-state index in [1.807, 2.05) is 6.92 Å². The highest BCUT2D eigenvalue weighted by molar-refractivity contribution is 7.85. The second kappa shape index (κ2) is 26.6. The van der Waals surface area contributed by atoms with Gasteiger partial charge in [-0.05, 0) is 44.7 Å². The van der Waals surface area contributed by atoms with Crippen molar-refractivity contribution in [2.75, 3.05) is 19.8 Å². The number of unbranched alkanes of at least 4 members (excludes halogenated alkanes) is 17. The number of hydrogen-bond donors (Lipinski definition) is 0. The monoisotopic (exact) mass is 681 g/mol. The molecule has 0 radical (unpaired) electrons. The van der Waals surface area contributed by atoms with E-state index in [9.17, 15) is 13.0 Å². The average molecular weight is 682 g/mol. The van der Waals surface area contributed by atoms with Gasteiger partial charge in [-0.3, -0.25) is 0 Å². The lowest BCUT2D eigenvalue weighted by atomic mass is 10.0.